The minimum absolute atomic E-state index is 0.0282. The van der Waals surface area contributed by atoms with Crippen molar-refractivity contribution in [3.63, 3.8) is 0 Å². The first-order valence-electron chi connectivity index (χ1n) is 5.88. The van der Waals surface area contributed by atoms with Crippen molar-refractivity contribution in [3.05, 3.63) is 34.2 Å². The molecule has 0 bridgehead atoms. The molecule has 2 aromatic heterocycles. The Labute approximate surface area is 122 Å². The van der Waals surface area contributed by atoms with Crippen molar-refractivity contribution >= 4 is 28.8 Å². The van der Waals surface area contributed by atoms with Gasteiger partial charge in [-0.1, -0.05) is 6.07 Å². The predicted octanol–water partition coefficient (Wildman–Crippen LogP) is 3.00. The number of hydrogen-bond acceptors (Lipinski definition) is 6. The molecular formula is C12H12F3N5S. The number of nitrogens with two attached hydrogens (primary N) is 1. The van der Waals surface area contributed by atoms with Gasteiger partial charge in [-0.2, -0.15) is 23.3 Å². The molecule has 9 heteroatoms. The van der Waals surface area contributed by atoms with Gasteiger partial charge in [0.2, 0.25) is 5.95 Å². The molecule has 0 aliphatic rings. The fourth-order valence-electron chi connectivity index (χ4n) is 1.55. The van der Waals surface area contributed by atoms with Gasteiger partial charge >= 0.3 is 6.18 Å². The van der Waals surface area contributed by atoms with Gasteiger partial charge in [0.25, 0.3) is 0 Å². The maximum atomic E-state index is 12.9. The molecule has 0 radical (unpaired) electrons. The highest BCUT2D eigenvalue weighted by atomic mass is 32.1. The number of aromatic nitrogens is 2. The fourth-order valence-corrected chi connectivity index (χ4v) is 2.26. The highest BCUT2D eigenvalue weighted by Gasteiger charge is 2.36. The number of alkyl halides is 3. The lowest BCUT2D eigenvalue weighted by molar-refractivity contribution is -0.0601. The van der Waals surface area contributed by atoms with E-state index >= 15 is 0 Å². The van der Waals surface area contributed by atoms with E-state index in [0.29, 0.717) is 10.6 Å². The summed E-state index contributed by atoms with van der Waals surface area (Å²) in [5.74, 6) is 0.0902. The second kappa shape index (κ2) is 6.08. The minimum Gasteiger partial charge on any atom is -0.368 e. The normalized spacial score (nSPS) is 12.5. The van der Waals surface area contributed by atoms with Crippen LogP contribution in [0.3, 0.4) is 0 Å². The molecule has 0 aliphatic heterocycles. The molecule has 2 heterocycles. The molecule has 0 aliphatic carbocycles. The van der Waals surface area contributed by atoms with Gasteiger partial charge in [0, 0.05) is 23.1 Å². The Morgan fingerprint density at radius 3 is 2.76 bits per heavy atom. The van der Waals surface area contributed by atoms with Crippen molar-refractivity contribution in [3.8, 4) is 0 Å². The molecule has 21 heavy (non-hydrogen) atoms. The van der Waals surface area contributed by atoms with E-state index in [1.165, 1.54) is 17.4 Å². The molecule has 112 valence electrons. The van der Waals surface area contributed by atoms with Crippen molar-refractivity contribution in [2.45, 2.75) is 19.5 Å². The summed E-state index contributed by atoms with van der Waals surface area (Å²) in [6, 6.07) is 4.77. The van der Waals surface area contributed by atoms with E-state index in [4.69, 9.17) is 5.73 Å². The predicted molar refractivity (Wildman–Crippen MR) is 76.3 cm³/mol. The van der Waals surface area contributed by atoms with Crippen LogP contribution in [0.5, 0.6) is 0 Å². The van der Waals surface area contributed by atoms with E-state index in [-0.39, 0.29) is 18.2 Å². The summed E-state index contributed by atoms with van der Waals surface area (Å²) in [6.45, 7) is 1.66. The average Bonchev–Trinajstić information content (AvgIpc) is 2.84. The van der Waals surface area contributed by atoms with E-state index in [2.05, 4.69) is 20.5 Å². The van der Waals surface area contributed by atoms with Gasteiger partial charge in [0.1, 0.15) is 5.71 Å². The number of rotatable bonds is 4. The lowest BCUT2D eigenvalue weighted by Crippen LogP contribution is -2.26. The third-order valence-corrected chi connectivity index (χ3v) is 3.30. The molecule has 0 saturated heterocycles. The fraction of sp³-hybridized carbons (Fsp3) is 0.250. The largest absolute Gasteiger partial charge is 0.431 e. The van der Waals surface area contributed by atoms with E-state index < -0.39 is 11.9 Å². The Bertz CT molecular complexity index is 617. The molecule has 0 saturated carbocycles. The Balaban J connectivity index is 2.20. The zero-order valence-corrected chi connectivity index (χ0v) is 11.8. The van der Waals surface area contributed by atoms with Crippen molar-refractivity contribution in [2.75, 3.05) is 11.2 Å². The second-order valence-electron chi connectivity index (χ2n) is 4.18. The minimum atomic E-state index is -4.52. The first-order chi connectivity index (χ1) is 9.84. The molecule has 5 nitrogen and oxygen atoms in total. The van der Waals surface area contributed by atoms with Gasteiger partial charge in [-0.15, -0.1) is 11.3 Å². The number of thiophene rings is 1. The molecule has 0 fully saturated rings. The number of halogens is 3. The maximum Gasteiger partial charge on any atom is 0.431 e. The zero-order chi connectivity index (χ0) is 15.5. The number of nitrogens with one attached hydrogen (secondary N) is 1. The van der Waals surface area contributed by atoms with Crippen LogP contribution in [0.2, 0.25) is 0 Å². The highest BCUT2D eigenvalue weighted by molar-refractivity contribution is 7.10. The molecule has 0 atom stereocenters. The third kappa shape index (κ3) is 4.42. The molecule has 0 spiro atoms. The number of hydrogen-bond donors (Lipinski definition) is 2. The monoisotopic (exact) mass is 315 g/mol. The second-order valence-corrected chi connectivity index (χ2v) is 5.21. The van der Waals surface area contributed by atoms with Crippen LogP contribution in [-0.2, 0) is 6.42 Å². The van der Waals surface area contributed by atoms with Crippen LogP contribution in [-0.4, -0.2) is 21.9 Å². The lowest BCUT2D eigenvalue weighted by Gasteiger charge is -2.10. The molecular weight excluding hydrogens is 303 g/mol. The Kier molecular flexibility index (Phi) is 4.41. The van der Waals surface area contributed by atoms with Gasteiger partial charge in [-0.3, -0.25) is 5.43 Å². The lowest BCUT2D eigenvalue weighted by atomic mass is 10.2. The summed E-state index contributed by atoms with van der Waals surface area (Å²) in [4.78, 5) is 8.17. The summed E-state index contributed by atoms with van der Waals surface area (Å²) < 4.78 is 38.8. The van der Waals surface area contributed by atoms with Gasteiger partial charge in [-0.05, 0) is 18.4 Å². The number of hydrazone groups is 1. The number of aryl methyl sites for hydroxylation is 1. The topological polar surface area (TPSA) is 76.2 Å². The Morgan fingerprint density at radius 1 is 1.43 bits per heavy atom. The van der Waals surface area contributed by atoms with Crippen LogP contribution in [0.1, 0.15) is 10.6 Å². The van der Waals surface area contributed by atoms with Crippen LogP contribution >= 0.6 is 11.3 Å². The molecule has 0 unspecified atom stereocenters. The highest BCUT2D eigenvalue weighted by Crippen LogP contribution is 2.22. The number of nitrogen functional groups attached to an aromatic ring is 1. The van der Waals surface area contributed by atoms with Crippen LogP contribution in [0.25, 0.3) is 0 Å². The van der Waals surface area contributed by atoms with Crippen LogP contribution in [0, 0.1) is 6.92 Å². The zero-order valence-electron chi connectivity index (χ0n) is 11.0. The molecule has 3 N–H and O–H groups in total. The molecule has 0 amide bonds. The first kappa shape index (κ1) is 15.2. The number of anilines is 2. The summed E-state index contributed by atoms with van der Waals surface area (Å²) in [7, 11) is 0. The quantitative estimate of drug-likeness (QED) is 0.672. The van der Waals surface area contributed by atoms with E-state index in [0.717, 1.165) is 0 Å². The SMILES string of the molecule is Cc1cc(N/N=C(\Cc2cccs2)C(F)(F)F)nc(N)n1. The molecule has 2 aromatic rings. The van der Waals surface area contributed by atoms with Gasteiger partial charge in [-0.25, -0.2) is 4.98 Å². The van der Waals surface area contributed by atoms with Gasteiger partial charge in [0.05, 0.1) is 0 Å². The van der Waals surface area contributed by atoms with Crippen molar-refractivity contribution < 1.29 is 13.2 Å². The maximum absolute atomic E-state index is 12.9. The third-order valence-electron chi connectivity index (χ3n) is 2.43. The van der Waals surface area contributed by atoms with E-state index in [1.54, 1.807) is 24.4 Å². The number of nitrogens with zero attached hydrogens (tertiary/aromatic N) is 3. The molecule has 0 aromatic carbocycles. The average molecular weight is 315 g/mol. The van der Waals surface area contributed by atoms with Crippen LogP contribution in [0.15, 0.2) is 28.7 Å². The smallest absolute Gasteiger partial charge is 0.368 e. The first-order valence-corrected chi connectivity index (χ1v) is 6.76. The van der Waals surface area contributed by atoms with E-state index in [9.17, 15) is 13.2 Å². The summed E-state index contributed by atoms with van der Waals surface area (Å²) >= 11 is 1.24. The summed E-state index contributed by atoms with van der Waals surface area (Å²) in [5, 5.41) is 5.14. The van der Waals surface area contributed by atoms with Crippen LogP contribution < -0.4 is 11.2 Å². The van der Waals surface area contributed by atoms with Gasteiger partial charge < -0.3 is 5.73 Å². The van der Waals surface area contributed by atoms with Crippen LogP contribution in [0.4, 0.5) is 24.9 Å². The van der Waals surface area contributed by atoms with Crippen molar-refractivity contribution in [1.82, 2.24) is 9.97 Å². The molecule has 2 rings (SSSR count). The Hall–Kier alpha value is -2.16. The standard InChI is InChI=1S/C12H12F3N5S/c1-7-5-10(18-11(16)17-7)20-19-9(12(13,14)15)6-8-3-2-4-21-8/h2-5H,6H2,1H3,(H3,16,17,18,20)/b19-9+. The van der Waals surface area contributed by atoms with Gasteiger partial charge in [0.15, 0.2) is 5.82 Å². The summed E-state index contributed by atoms with van der Waals surface area (Å²) in [6.07, 6.45) is -4.82. The Morgan fingerprint density at radius 2 is 2.19 bits per heavy atom. The van der Waals surface area contributed by atoms with E-state index in [1.807, 2.05) is 0 Å². The van der Waals surface area contributed by atoms with Crippen molar-refractivity contribution in [2.24, 2.45) is 5.10 Å². The van der Waals surface area contributed by atoms with Crippen molar-refractivity contribution in [1.29, 1.82) is 0 Å². The summed E-state index contributed by atoms with van der Waals surface area (Å²) in [5.41, 5.74) is 7.32.